The Hall–Kier alpha value is -0.123. The predicted molar refractivity (Wildman–Crippen MR) is 99.4 cm³/mol. The average Bonchev–Trinajstić information content (AvgIpc) is 2.37. The van der Waals surface area contributed by atoms with Crippen molar-refractivity contribution in [2.45, 2.75) is 76.9 Å². The van der Waals surface area contributed by atoms with E-state index in [1.807, 2.05) is 0 Å². The first-order chi connectivity index (χ1) is 9.67. The third kappa shape index (κ3) is 5.88. The van der Waals surface area contributed by atoms with Gasteiger partial charge in [-0.2, -0.15) is 0 Å². The van der Waals surface area contributed by atoms with E-state index in [0.717, 1.165) is 10.9 Å². The van der Waals surface area contributed by atoms with Crippen molar-refractivity contribution in [3.8, 4) is 0 Å². The van der Waals surface area contributed by atoms with E-state index in [1.165, 1.54) is 31.2 Å². The van der Waals surface area contributed by atoms with Gasteiger partial charge in [0.15, 0.2) is 8.32 Å². The minimum Gasteiger partial charge on any atom is -0.432 e. The standard InChI is InChI=1S/C18H31BrOSi/c1-6-7-8-9-16(14-18(2,3)21(4,5)20)15-10-12-17(19)13-11-15/h10-13,16,20H,6-9,14H2,1-5H3/t16-/m1/s1. The number of hydrogen-bond acceptors (Lipinski definition) is 1. The second kappa shape index (κ2) is 7.93. The smallest absolute Gasteiger partial charge is 0.188 e. The zero-order valence-corrected chi connectivity index (χ0v) is 16.8. The summed E-state index contributed by atoms with van der Waals surface area (Å²) in [6.07, 6.45) is 6.14. The molecule has 1 nitrogen and oxygen atoms in total. The molecule has 0 unspecified atom stereocenters. The Kier molecular flexibility index (Phi) is 7.15. The van der Waals surface area contributed by atoms with Gasteiger partial charge in [-0.25, -0.2) is 0 Å². The molecule has 0 fully saturated rings. The highest BCUT2D eigenvalue weighted by molar-refractivity contribution is 9.10. The lowest BCUT2D eigenvalue weighted by molar-refractivity contribution is 0.406. The SMILES string of the molecule is CCCCC[C@H](CC(C)(C)[Si](C)(C)O)c1ccc(Br)cc1. The molecule has 0 heterocycles. The summed E-state index contributed by atoms with van der Waals surface area (Å²) in [5, 5.41) is 0.0386. The third-order valence-corrected chi connectivity index (χ3v) is 8.96. The first-order valence-electron chi connectivity index (χ1n) is 8.15. The molecule has 1 rings (SSSR count). The number of unbranched alkanes of at least 4 members (excludes halogenated alkanes) is 2. The topological polar surface area (TPSA) is 20.2 Å². The summed E-state index contributed by atoms with van der Waals surface area (Å²) >= 11 is 3.52. The van der Waals surface area contributed by atoms with Crippen LogP contribution in [0.2, 0.25) is 18.1 Å². The Morgan fingerprint density at radius 3 is 2.19 bits per heavy atom. The predicted octanol–water partition coefficient (Wildman–Crippen LogP) is 6.48. The molecule has 1 N–H and O–H groups in total. The molecule has 21 heavy (non-hydrogen) atoms. The van der Waals surface area contributed by atoms with Crippen LogP contribution in [0.3, 0.4) is 0 Å². The minimum atomic E-state index is -2.15. The van der Waals surface area contributed by atoms with Crippen LogP contribution < -0.4 is 0 Å². The Labute approximate surface area is 140 Å². The molecule has 120 valence electrons. The second-order valence-electron chi connectivity index (χ2n) is 7.39. The zero-order chi connectivity index (χ0) is 16.1. The van der Waals surface area contributed by atoms with E-state index in [2.05, 4.69) is 74.1 Å². The maximum Gasteiger partial charge on any atom is 0.188 e. The molecule has 0 amide bonds. The summed E-state index contributed by atoms with van der Waals surface area (Å²) in [6, 6.07) is 8.75. The van der Waals surface area contributed by atoms with Crippen molar-refractivity contribution in [1.29, 1.82) is 0 Å². The average molecular weight is 371 g/mol. The van der Waals surface area contributed by atoms with Gasteiger partial charge in [0.1, 0.15) is 0 Å². The van der Waals surface area contributed by atoms with Crippen molar-refractivity contribution in [3.63, 3.8) is 0 Å². The fourth-order valence-corrected chi connectivity index (χ4v) is 3.64. The van der Waals surface area contributed by atoms with Gasteiger partial charge in [-0.3, -0.25) is 0 Å². The molecule has 1 aromatic rings. The monoisotopic (exact) mass is 370 g/mol. The van der Waals surface area contributed by atoms with Crippen LogP contribution >= 0.6 is 15.9 Å². The van der Waals surface area contributed by atoms with Crippen molar-refractivity contribution in [2.24, 2.45) is 0 Å². The fourth-order valence-electron chi connectivity index (χ4n) is 2.63. The van der Waals surface area contributed by atoms with Crippen molar-refractivity contribution >= 4 is 24.2 Å². The van der Waals surface area contributed by atoms with Crippen LogP contribution in [0.25, 0.3) is 0 Å². The Morgan fingerprint density at radius 1 is 1.14 bits per heavy atom. The van der Waals surface area contributed by atoms with Gasteiger partial charge in [0.25, 0.3) is 0 Å². The maximum atomic E-state index is 10.6. The summed E-state index contributed by atoms with van der Waals surface area (Å²) in [4.78, 5) is 10.6. The molecule has 0 aromatic heterocycles. The summed E-state index contributed by atoms with van der Waals surface area (Å²) in [5.74, 6) is 0.554. The van der Waals surface area contributed by atoms with E-state index >= 15 is 0 Å². The largest absolute Gasteiger partial charge is 0.432 e. The van der Waals surface area contributed by atoms with Crippen LogP contribution in [0, 0.1) is 0 Å². The van der Waals surface area contributed by atoms with Crippen LogP contribution in [-0.2, 0) is 0 Å². The number of hydrogen-bond donors (Lipinski definition) is 1. The molecule has 0 aliphatic carbocycles. The van der Waals surface area contributed by atoms with Gasteiger partial charge in [0.05, 0.1) is 0 Å². The third-order valence-electron chi connectivity index (χ3n) is 4.91. The molecule has 0 bridgehead atoms. The van der Waals surface area contributed by atoms with Crippen LogP contribution in [-0.4, -0.2) is 13.1 Å². The highest BCUT2D eigenvalue weighted by Crippen LogP contribution is 2.45. The van der Waals surface area contributed by atoms with Gasteiger partial charge < -0.3 is 4.80 Å². The Balaban J connectivity index is 2.89. The van der Waals surface area contributed by atoms with Crippen LogP contribution in [0.4, 0.5) is 0 Å². The van der Waals surface area contributed by atoms with E-state index in [0.29, 0.717) is 5.92 Å². The Morgan fingerprint density at radius 2 is 1.71 bits per heavy atom. The molecule has 1 aromatic carbocycles. The molecule has 0 saturated carbocycles. The van der Waals surface area contributed by atoms with Gasteiger partial charge in [-0.15, -0.1) is 0 Å². The van der Waals surface area contributed by atoms with Gasteiger partial charge in [-0.05, 0) is 54.6 Å². The molecular formula is C18H31BrOSi. The highest BCUT2D eigenvalue weighted by atomic mass is 79.9. The molecule has 0 radical (unpaired) electrons. The number of rotatable bonds is 8. The quantitative estimate of drug-likeness (QED) is 0.409. The summed E-state index contributed by atoms with van der Waals surface area (Å²) in [7, 11) is -2.15. The van der Waals surface area contributed by atoms with Crippen LogP contribution in [0.15, 0.2) is 28.7 Å². The van der Waals surface area contributed by atoms with E-state index in [9.17, 15) is 4.80 Å². The first-order valence-corrected chi connectivity index (χ1v) is 11.9. The molecule has 1 atom stereocenters. The minimum absolute atomic E-state index is 0.0386. The van der Waals surface area contributed by atoms with Crippen molar-refractivity contribution < 1.29 is 4.80 Å². The van der Waals surface area contributed by atoms with Crippen molar-refractivity contribution in [1.82, 2.24) is 0 Å². The van der Waals surface area contributed by atoms with Crippen molar-refractivity contribution in [2.75, 3.05) is 0 Å². The molecule has 3 heteroatoms. The molecule has 0 saturated heterocycles. The van der Waals surface area contributed by atoms with E-state index in [-0.39, 0.29) is 5.04 Å². The lowest BCUT2D eigenvalue weighted by Gasteiger charge is -2.38. The Bertz CT molecular complexity index is 420. The van der Waals surface area contributed by atoms with Crippen LogP contribution in [0.5, 0.6) is 0 Å². The first kappa shape index (κ1) is 18.9. The normalized spacial score (nSPS) is 14.2. The zero-order valence-electron chi connectivity index (χ0n) is 14.2. The number of halogens is 1. The number of benzene rings is 1. The van der Waals surface area contributed by atoms with E-state index in [1.54, 1.807) is 0 Å². The fraction of sp³-hybridized carbons (Fsp3) is 0.667. The lowest BCUT2D eigenvalue weighted by atomic mass is 9.86. The van der Waals surface area contributed by atoms with Crippen LogP contribution in [0.1, 0.15) is 64.4 Å². The highest BCUT2D eigenvalue weighted by Gasteiger charge is 2.39. The van der Waals surface area contributed by atoms with Gasteiger partial charge in [-0.1, -0.05) is 68.1 Å². The van der Waals surface area contributed by atoms with Gasteiger partial charge in [0.2, 0.25) is 0 Å². The molecule has 0 spiro atoms. The van der Waals surface area contributed by atoms with E-state index < -0.39 is 8.32 Å². The summed E-state index contributed by atoms with van der Waals surface area (Å²) in [5.41, 5.74) is 1.42. The molecular weight excluding hydrogens is 340 g/mol. The maximum absolute atomic E-state index is 10.6. The second-order valence-corrected chi connectivity index (χ2v) is 12.8. The molecule has 0 aliphatic rings. The van der Waals surface area contributed by atoms with Gasteiger partial charge in [0, 0.05) is 4.47 Å². The summed E-state index contributed by atoms with van der Waals surface area (Å²) < 4.78 is 1.13. The van der Waals surface area contributed by atoms with E-state index in [4.69, 9.17) is 0 Å². The van der Waals surface area contributed by atoms with Crippen molar-refractivity contribution in [3.05, 3.63) is 34.3 Å². The lowest BCUT2D eigenvalue weighted by Crippen LogP contribution is -2.39. The summed E-state index contributed by atoms with van der Waals surface area (Å²) in [6.45, 7) is 10.9. The molecule has 0 aliphatic heterocycles. The van der Waals surface area contributed by atoms with Gasteiger partial charge >= 0.3 is 0 Å².